The summed E-state index contributed by atoms with van der Waals surface area (Å²) in [6.07, 6.45) is 5.26. The molecule has 0 amide bonds. The molecule has 0 fully saturated rings. The summed E-state index contributed by atoms with van der Waals surface area (Å²) in [5.74, 6) is 0. The average Bonchev–Trinajstić information content (AvgIpc) is 3.14. The highest BCUT2D eigenvalue weighted by Gasteiger charge is 2.12. The first-order valence-corrected chi connectivity index (χ1v) is 9.72. The monoisotopic (exact) mass is 443 g/mol. The molecule has 0 saturated carbocycles. The predicted octanol–water partition coefficient (Wildman–Crippen LogP) is 6.19. The van der Waals surface area contributed by atoms with Crippen molar-refractivity contribution in [2.75, 3.05) is 11.9 Å². The number of imidazole rings is 1. The molecule has 2 aromatic carbocycles. The fourth-order valence-electron chi connectivity index (χ4n) is 2.49. The molecule has 4 nitrogen and oxygen atoms in total. The van der Waals surface area contributed by atoms with Gasteiger partial charge in [0.2, 0.25) is 0 Å². The van der Waals surface area contributed by atoms with Crippen LogP contribution in [-0.2, 0) is 17.9 Å². The highest BCUT2D eigenvalue weighted by Crippen LogP contribution is 2.25. The van der Waals surface area contributed by atoms with Crippen LogP contribution in [-0.4, -0.2) is 22.2 Å². The van der Waals surface area contributed by atoms with Crippen LogP contribution in [0.4, 0.5) is 5.69 Å². The number of nitrogens with zero attached hydrogens (tertiary/aromatic N) is 2. The number of hydrogen-bond donors (Lipinski definition) is 1. The predicted molar refractivity (Wildman–Crippen MR) is 112 cm³/mol. The van der Waals surface area contributed by atoms with Crippen molar-refractivity contribution in [3.8, 4) is 0 Å². The maximum Gasteiger partial charge on any atom is 0.0946 e. The van der Waals surface area contributed by atoms with E-state index < -0.39 is 0 Å². The molecule has 27 heavy (non-hydrogen) atoms. The Labute approximate surface area is 178 Å². The second-order valence-electron chi connectivity index (χ2n) is 5.94. The number of anilines is 1. The van der Waals surface area contributed by atoms with Crippen molar-refractivity contribution < 1.29 is 4.74 Å². The quantitative estimate of drug-likeness (QED) is 0.449. The van der Waals surface area contributed by atoms with Crippen molar-refractivity contribution in [1.82, 2.24) is 9.55 Å². The maximum atomic E-state index is 6.24. The summed E-state index contributed by atoms with van der Waals surface area (Å²) in [5, 5.41) is 5.53. The van der Waals surface area contributed by atoms with Crippen molar-refractivity contribution in [3.05, 3.63) is 80.8 Å². The van der Waals surface area contributed by atoms with E-state index in [4.69, 9.17) is 51.1 Å². The van der Waals surface area contributed by atoms with E-state index in [1.165, 1.54) is 0 Å². The first kappa shape index (κ1) is 20.3. The van der Waals surface area contributed by atoms with Gasteiger partial charge >= 0.3 is 0 Å². The molecule has 1 heterocycles. The van der Waals surface area contributed by atoms with E-state index in [0.29, 0.717) is 39.8 Å². The second-order valence-corrected chi connectivity index (χ2v) is 7.60. The van der Waals surface area contributed by atoms with Gasteiger partial charge in [0.15, 0.2) is 0 Å². The standard InChI is InChI=1S/C19H17Cl4N3O/c20-14-2-1-13(18(22)7-14)11-27-16(10-26-6-5-24-12-26)9-25-15-3-4-17(21)19(23)8-15/h1-8,12,16,25H,9-11H2. The fraction of sp³-hybridized carbons (Fsp3) is 0.211. The Morgan fingerprint density at radius 3 is 2.56 bits per heavy atom. The van der Waals surface area contributed by atoms with Crippen LogP contribution < -0.4 is 5.32 Å². The van der Waals surface area contributed by atoms with Crippen molar-refractivity contribution in [2.24, 2.45) is 0 Å². The molecule has 142 valence electrons. The van der Waals surface area contributed by atoms with Crippen LogP contribution in [0.2, 0.25) is 20.1 Å². The first-order chi connectivity index (χ1) is 13.0. The molecule has 0 aliphatic heterocycles. The number of ether oxygens (including phenoxy) is 1. The van der Waals surface area contributed by atoms with Gasteiger partial charge < -0.3 is 14.6 Å². The van der Waals surface area contributed by atoms with E-state index in [1.807, 2.05) is 22.9 Å². The molecular formula is C19H17Cl4N3O. The molecule has 8 heteroatoms. The van der Waals surface area contributed by atoms with Crippen LogP contribution in [0, 0.1) is 0 Å². The van der Waals surface area contributed by atoms with Crippen LogP contribution in [0.1, 0.15) is 5.56 Å². The maximum absolute atomic E-state index is 6.24. The van der Waals surface area contributed by atoms with Gasteiger partial charge in [0.05, 0.1) is 35.6 Å². The van der Waals surface area contributed by atoms with Gasteiger partial charge in [-0.1, -0.05) is 52.5 Å². The van der Waals surface area contributed by atoms with Crippen molar-refractivity contribution in [2.45, 2.75) is 19.3 Å². The Morgan fingerprint density at radius 2 is 1.85 bits per heavy atom. The number of hydrogen-bond acceptors (Lipinski definition) is 3. The highest BCUT2D eigenvalue weighted by atomic mass is 35.5. The topological polar surface area (TPSA) is 39.1 Å². The summed E-state index contributed by atoms with van der Waals surface area (Å²) in [7, 11) is 0. The molecule has 1 unspecified atom stereocenters. The lowest BCUT2D eigenvalue weighted by molar-refractivity contribution is 0.0379. The van der Waals surface area contributed by atoms with E-state index in [9.17, 15) is 0 Å². The minimum absolute atomic E-state index is 0.125. The van der Waals surface area contributed by atoms with E-state index in [1.54, 1.807) is 36.8 Å². The summed E-state index contributed by atoms with van der Waals surface area (Å²) in [6.45, 7) is 1.58. The third-order valence-electron chi connectivity index (χ3n) is 3.92. The summed E-state index contributed by atoms with van der Waals surface area (Å²) in [5.41, 5.74) is 1.75. The van der Waals surface area contributed by atoms with Crippen LogP contribution >= 0.6 is 46.4 Å². The van der Waals surface area contributed by atoms with Gasteiger partial charge in [0.25, 0.3) is 0 Å². The van der Waals surface area contributed by atoms with Crippen molar-refractivity contribution in [1.29, 1.82) is 0 Å². The third-order valence-corrected chi connectivity index (χ3v) is 5.24. The van der Waals surface area contributed by atoms with Crippen LogP contribution in [0.15, 0.2) is 55.1 Å². The summed E-state index contributed by atoms with van der Waals surface area (Å²) in [6, 6.07) is 10.8. The molecule has 0 bridgehead atoms. The zero-order chi connectivity index (χ0) is 19.2. The number of halogens is 4. The number of nitrogens with one attached hydrogen (secondary N) is 1. The zero-order valence-corrected chi connectivity index (χ0v) is 17.2. The van der Waals surface area contributed by atoms with Gasteiger partial charge in [-0.2, -0.15) is 0 Å². The summed E-state index contributed by atoms with van der Waals surface area (Å²) in [4.78, 5) is 4.08. The van der Waals surface area contributed by atoms with E-state index in [2.05, 4.69) is 10.3 Å². The Morgan fingerprint density at radius 1 is 1.00 bits per heavy atom. The van der Waals surface area contributed by atoms with Gasteiger partial charge in [-0.05, 0) is 35.9 Å². The molecule has 1 N–H and O–H groups in total. The Hall–Kier alpha value is -1.43. The summed E-state index contributed by atoms with van der Waals surface area (Å²) >= 11 is 24.2. The van der Waals surface area contributed by atoms with Gasteiger partial charge in [0, 0.05) is 34.7 Å². The van der Waals surface area contributed by atoms with E-state index >= 15 is 0 Å². The molecule has 1 aromatic heterocycles. The molecule has 0 radical (unpaired) electrons. The molecule has 0 spiro atoms. The lowest BCUT2D eigenvalue weighted by Crippen LogP contribution is -2.28. The normalized spacial score (nSPS) is 12.1. The van der Waals surface area contributed by atoms with E-state index in [0.717, 1.165) is 11.3 Å². The molecule has 1 atom stereocenters. The first-order valence-electron chi connectivity index (χ1n) is 8.21. The minimum atomic E-state index is -0.125. The Balaban J connectivity index is 1.65. The second kappa shape index (κ2) is 9.67. The molecular weight excluding hydrogens is 428 g/mol. The molecule has 3 rings (SSSR count). The van der Waals surface area contributed by atoms with Crippen LogP contribution in [0.3, 0.4) is 0 Å². The van der Waals surface area contributed by atoms with Gasteiger partial charge in [-0.15, -0.1) is 0 Å². The molecule has 0 aliphatic rings. The van der Waals surface area contributed by atoms with Crippen LogP contribution in [0.25, 0.3) is 0 Å². The fourth-order valence-corrected chi connectivity index (χ4v) is 3.25. The van der Waals surface area contributed by atoms with Gasteiger partial charge in [-0.3, -0.25) is 0 Å². The number of aromatic nitrogens is 2. The average molecular weight is 445 g/mol. The van der Waals surface area contributed by atoms with E-state index in [-0.39, 0.29) is 6.10 Å². The SMILES string of the molecule is Clc1ccc(COC(CNc2ccc(Cl)c(Cl)c2)Cn2ccnc2)c(Cl)c1. The molecule has 3 aromatic rings. The Kier molecular flexibility index (Phi) is 7.27. The van der Waals surface area contributed by atoms with Gasteiger partial charge in [0.1, 0.15) is 0 Å². The Bertz CT molecular complexity index is 887. The third kappa shape index (κ3) is 6.03. The molecule has 0 aliphatic carbocycles. The largest absolute Gasteiger partial charge is 0.382 e. The summed E-state index contributed by atoms with van der Waals surface area (Å²) < 4.78 is 8.06. The van der Waals surface area contributed by atoms with Gasteiger partial charge in [-0.25, -0.2) is 4.98 Å². The van der Waals surface area contributed by atoms with Crippen molar-refractivity contribution >= 4 is 52.1 Å². The van der Waals surface area contributed by atoms with Crippen molar-refractivity contribution in [3.63, 3.8) is 0 Å². The lowest BCUT2D eigenvalue weighted by atomic mass is 10.2. The minimum Gasteiger partial charge on any atom is -0.382 e. The lowest BCUT2D eigenvalue weighted by Gasteiger charge is -2.20. The number of rotatable bonds is 8. The van der Waals surface area contributed by atoms with Crippen LogP contribution in [0.5, 0.6) is 0 Å². The smallest absolute Gasteiger partial charge is 0.0946 e. The zero-order valence-electron chi connectivity index (χ0n) is 14.2. The number of benzene rings is 2. The highest BCUT2D eigenvalue weighted by molar-refractivity contribution is 6.42. The molecule has 0 saturated heterocycles.